The van der Waals surface area contributed by atoms with Crippen LogP contribution >= 0.6 is 34.8 Å². The number of anilines is 1. The van der Waals surface area contributed by atoms with Crippen LogP contribution in [0.5, 0.6) is 11.5 Å². The number of carbonyl (C=O) groups is 3. The molecule has 4 amide bonds. The van der Waals surface area contributed by atoms with E-state index < -0.39 is 33.5 Å². The van der Waals surface area contributed by atoms with Gasteiger partial charge in [-0.3, -0.25) is 14.9 Å². The van der Waals surface area contributed by atoms with E-state index in [0.29, 0.717) is 5.02 Å². The summed E-state index contributed by atoms with van der Waals surface area (Å²) in [5, 5.41) is 2.38. The molecule has 196 valence electrons. The molecule has 0 bridgehead atoms. The number of hydrogen-bond acceptors (Lipinski definition) is 7. The minimum Gasteiger partial charge on any atom is -0.490 e. The van der Waals surface area contributed by atoms with E-state index in [1.54, 1.807) is 19.1 Å². The molecule has 1 saturated heterocycles. The Morgan fingerprint density at radius 2 is 1.63 bits per heavy atom. The smallest absolute Gasteiger partial charge is 0.339 e. The van der Waals surface area contributed by atoms with Crippen LogP contribution in [0.1, 0.15) is 12.5 Å². The molecule has 13 heteroatoms. The lowest BCUT2D eigenvalue weighted by atomic mass is 10.1. The van der Waals surface area contributed by atoms with Crippen molar-refractivity contribution in [1.29, 1.82) is 0 Å². The molecule has 3 aromatic rings. The Morgan fingerprint density at radius 1 is 0.947 bits per heavy atom. The number of barbiturate groups is 1. The molecule has 1 aliphatic heterocycles. The predicted octanol–water partition coefficient (Wildman–Crippen LogP) is 5.48. The Balaban J connectivity index is 1.73. The van der Waals surface area contributed by atoms with E-state index in [-0.39, 0.29) is 44.3 Å². The van der Waals surface area contributed by atoms with Gasteiger partial charge < -0.3 is 8.92 Å². The number of nitrogens with zero attached hydrogens (tertiary/aromatic N) is 1. The first-order valence-electron chi connectivity index (χ1n) is 10.8. The highest BCUT2D eigenvalue weighted by atomic mass is 35.5. The summed E-state index contributed by atoms with van der Waals surface area (Å²) in [7, 11) is -4.31. The summed E-state index contributed by atoms with van der Waals surface area (Å²) in [5.41, 5.74) is -0.119. The van der Waals surface area contributed by atoms with Gasteiger partial charge in [0.15, 0.2) is 5.75 Å². The Bertz CT molecular complexity index is 1590. The topological polar surface area (TPSA) is 119 Å². The fourth-order valence-electron chi connectivity index (χ4n) is 3.45. The number of urea groups is 1. The second-order valence-corrected chi connectivity index (χ2v) is 10.5. The number of benzene rings is 3. The summed E-state index contributed by atoms with van der Waals surface area (Å²) in [6, 6.07) is 13.1. The predicted molar refractivity (Wildman–Crippen MR) is 142 cm³/mol. The van der Waals surface area contributed by atoms with Crippen LogP contribution in [0.15, 0.2) is 71.1 Å². The summed E-state index contributed by atoms with van der Waals surface area (Å²) in [6.07, 6.45) is 1.18. The number of para-hydroxylation sites is 1. The van der Waals surface area contributed by atoms with Crippen molar-refractivity contribution in [1.82, 2.24) is 5.32 Å². The fourth-order valence-corrected chi connectivity index (χ4v) is 5.06. The van der Waals surface area contributed by atoms with Gasteiger partial charge in [0.25, 0.3) is 11.8 Å². The van der Waals surface area contributed by atoms with Crippen molar-refractivity contribution < 1.29 is 31.7 Å². The number of imide groups is 2. The molecule has 0 saturated carbocycles. The molecule has 3 aromatic carbocycles. The van der Waals surface area contributed by atoms with Crippen LogP contribution < -0.4 is 19.1 Å². The number of carbonyl (C=O) groups excluding carboxylic acids is 3. The molecule has 0 aliphatic carbocycles. The lowest BCUT2D eigenvalue weighted by Gasteiger charge is -2.27. The largest absolute Gasteiger partial charge is 0.490 e. The maximum Gasteiger partial charge on any atom is 0.339 e. The number of halogens is 3. The van der Waals surface area contributed by atoms with Crippen molar-refractivity contribution in [3.8, 4) is 11.5 Å². The number of hydrogen-bond donors (Lipinski definition) is 1. The average molecular weight is 596 g/mol. The van der Waals surface area contributed by atoms with Crippen LogP contribution in [0.2, 0.25) is 15.1 Å². The second kappa shape index (κ2) is 11.0. The van der Waals surface area contributed by atoms with Crippen LogP contribution in [-0.2, 0) is 19.7 Å². The SMILES string of the molecule is CCOc1cc(/C=C2\C(=O)NC(=O)N(c3ccccc3Cl)C2=O)cc(Cl)c1OS(=O)(=O)c1ccc(Cl)cc1. The van der Waals surface area contributed by atoms with E-state index in [2.05, 4.69) is 5.32 Å². The summed E-state index contributed by atoms with van der Waals surface area (Å²) in [5.74, 6) is -2.22. The van der Waals surface area contributed by atoms with Crippen molar-refractivity contribution in [3.05, 3.63) is 86.9 Å². The Morgan fingerprint density at radius 3 is 2.29 bits per heavy atom. The van der Waals surface area contributed by atoms with Gasteiger partial charge >= 0.3 is 16.1 Å². The highest BCUT2D eigenvalue weighted by Crippen LogP contribution is 2.39. The fraction of sp³-hybridized carbons (Fsp3) is 0.0800. The molecule has 1 aliphatic rings. The number of nitrogens with one attached hydrogen (secondary N) is 1. The lowest BCUT2D eigenvalue weighted by Crippen LogP contribution is -2.54. The van der Waals surface area contributed by atoms with Gasteiger partial charge in [0.05, 0.1) is 22.3 Å². The molecular formula is C25H17Cl3N2O7S. The van der Waals surface area contributed by atoms with Crippen LogP contribution in [0.4, 0.5) is 10.5 Å². The zero-order valence-corrected chi connectivity index (χ0v) is 22.5. The van der Waals surface area contributed by atoms with E-state index in [0.717, 1.165) is 4.90 Å². The van der Waals surface area contributed by atoms with E-state index in [4.69, 9.17) is 43.7 Å². The normalized spacial score (nSPS) is 15.0. The summed E-state index contributed by atoms with van der Waals surface area (Å²) in [6.45, 7) is 1.77. The monoisotopic (exact) mass is 594 g/mol. The minimum atomic E-state index is -4.31. The molecule has 1 heterocycles. The van der Waals surface area contributed by atoms with Gasteiger partial charge in [-0.15, -0.1) is 0 Å². The van der Waals surface area contributed by atoms with Crippen molar-refractivity contribution in [2.75, 3.05) is 11.5 Å². The third-order valence-electron chi connectivity index (χ3n) is 5.13. The standard InChI is InChI=1S/C25H17Cl3N2O7S/c1-2-36-21-13-14(12-19(28)22(21)37-38(34,35)16-9-7-15(26)8-10-16)11-17-23(31)29-25(33)30(24(17)32)20-6-4-3-5-18(20)27/h3-13H,2H2,1H3,(H,29,31,33)/b17-11+. The number of ether oxygens (including phenoxy) is 1. The van der Waals surface area contributed by atoms with Gasteiger partial charge in [0.2, 0.25) is 5.75 Å². The number of amides is 4. The first kappa shape index (κ1) is 27.5. The van der Waals surface area contributed by atoms with Gasteiger partial charge in [-0.05, 0) is 67.1 Å². The van der Waals surface area contributed by atoms with E-state index >= 15 is 0 Å². The lowest BCUT2D eigenvalue weighted by molar-refractivity contribution is -0.122. The molecule has 0 radical (unpaired) electrons. The van der Waals surface area contributed by atoms with Gasteiger partial charge in [0.1, 0.15) is 10.5 Å². The molecule has 4 rings (SSSR count). The summed E-state index contributed by atoms with van der Waals surface area (Å²) in [4.78, 5) is 38.7. The summed E-state index contributed by atoms with van der Waals surface area (Å²) >= 11 is 18.3. The molecule has 1 fully saturated rings. The minimum absolute atomic E-state index is 0.0629. The second-order valence-electron chi connectivity index (χ2n) is 7.66. The Kier molecular flexibility index (Phi) is 7.98. The van der Waals surface area contributed by atoms with E-state index in [1.807, 2.05) is 0 Å². The van der Waals surface area contributed by atoms with Gasteiger partial charge in [-0.1, -0.05) is 46.9 Å². The highest BCUT2D eigenvalue weighted by molar-refractivity contribution is 7.87. The number of rotatable bonds is 7. The molecule has 1 N–H and O–H groups in total. The zero-order valence-electron chi connectivity index (χ0n) is 19.4. The molecule has 0 aromatic heterocycles. The maximum absolute atomic E-state index is 13.2. The summed E-state index contributed by atoms with van der Waals surface area (Å²) < 4.78 is 36.4. The third kappa shape index (κ3) is 5.63. The van der Waals surface area contributed by atoms with Crippen molar-refractivity contribution in [2.45, 2.75) is 11.8 Å². The van der Waals surface area contributed by atoms with Gasteiger partial charge in [-0.25, -0.2) is 9.69 Å². The molecule has 0 atom stereocenters. The highest BCUT2D eigenvalue weighted by Gasteiger charge is 2.37. The van der Waals surface area contributed by atoms with Crippen LogP contribution in [0.25, 0.3) is 6.08 Å². The molecule has 0 spiro atoms. The maximum atomic E-state index is 13.2. The Hall–Kier alpha value is -3.57. The van der Waals surface area contributed by atoms with Crippen LogP contribution in [0, 0.1) is 0 Å². The first-order chi connectivity index (χ1) is 18.0. The van der Waals surface area contributed by atoms with Crippen molar-refractivity contribution >= 4 is 74.5 Å². The first-order valence-corrected chi connectivity index (χ1v) is 13.4. The van der Waals surface area contributed by atoms with E-state index in [9.17, 15) is 22.8 Å². The zero-order chi connectivity index (χ0) is 27.6. The molecular weight excluding hydrogens is 579 g/mol. The van der Waals surface area contributed by atoms with Gasteiger partial charge in [0, 0.05) is 5.02 Å². The van der Waals surface area contributed by atoms with Crippen LogP contribution in [-0.4, -0.2) is 32.9 Å². The molecule has 38 heavy (non-hydrogen) atoms. The average Bonchev–Trinajstić information content (AvgIpc) is 2.85. The van der Waals surface area contributed by atoms with E-state index in [1.165, 1.54) is 54.6 Å². The van der Waals surface area contributed by atoms with Crippen molar-refractivity contribution in [2.24, 2.45) is 0 Å². The Labute approximate surface area is 232 Å². The van der Waals surface area contributed by atoms with Crippen LogP contribution in [0.3, 0.4) is 0 Å². The van der Waals surface area contributed by atoms with Gasteiger partial charge in [-0.2, -0.15) is 8.42 Å². The van der Waals surface area contributed by atoms with Crippen molar-refractivity contribution in [3.63, 3.8) is 0 Å². The third-order valence-corrected chi connectivity index (χ3v) is 7.22. The molecule has 9 nitrogen and oxygen atoms in total. The molecule has 0 unspecified atom stereocenters. The quantitative estimate of drug-likeness (QED) is 0.218.